The molecule has 180 valence electrons. The highest BCUT2D eigenvalue weighted by molar-refractivity contribution is 5.70. The van der Waals surface area contributed by atoms with E-state index in [-0.39, 0.29) is 12.1 Å². The van der Waals surface area contributed by atoms with Crippen molar-refractivity contribution in [1.82, 2.24) is 19.5 Å². The Balaban J connectivity index is 1.35. The normalized spacial score (nSPS) is 19.5. The molecule has 35 heavy (non-hydrogen) atoms. The van der Waals surface area contributed by atoms with Crippen molar-refractivity contribution in [1.29, 1.82) is 0 Å². The number of rotatable bonds is 6. The van der Waals surface area contributed by atoms with Crippen molar-refractivity contribution in [2.45, 2.75) is 50.9 Å². The second-order valence-corrected chi connectivity index (χ2v) is 9.94. The minimum atomic E-state index is -0.977. The van der Waals surface area contributed by atoms with Crippen LogP contribution in [0.15, 0.2) is 79.3 Å². The Morgan fingerprint density at radius 2 is 1.77 bits per heavy atom. The van der Waals surface area contributed by atoms with Crippen molar-refractivity contribution in [3.8, 4) is 11.1 Å². The van der Waals surface area contributed by atoms with Gasteiger partial charge in [-0.05, 0) is 49.6 Å². The number of aromatic nitrogens is 3. The van der Waals surface area contributed by atoms with Gasteiger partial charge in [-0.1, -0.05) is 54.6 Å². The Kier molecular flexibility index (Phi) is 5.81. The van der Waals surface area contributed by atoms with Gasteiger partial charge in [0.05, 0.1) is 11.6 Å². The van der Waals surface area contributed by atoms with E-state index in [1.165, 1.54) is 6.33 Å². The highest BCUT2D eigenvalue weighted by Crippen LogP contribution is 2.42. The molecule has 4 aromatic rings. The molecule has 7 nitrogen and oxygen atoms in total. The number of hydrogen-bond acceptors (Lipinski definition) is 5. The maximum atomic E-state index is 13.3. The SMILES string of the molecule is C[C@@H](c1ccc(-c2ccc3ncnn3c2)cc1)N1CC[C@](CC(C)(C)O)(c2ccccc2)OC1=O. The summed E-state index contributed by atoms with van der Waals surface area (Å²) in [4.78, 5) is 19.2. The van der Waals surface area contributed by atoms with Gasteiger partial charge in [0.1, 0.15) is 11.9 Å². The average Bonchev–Trinajstić information content (AvgIpc) is 3.31. The molecule has 1 saturated heterocycles. The number of aliphatic hydroxyl groups is 1. The number of carbonyl (C=O) groups excluding carboxylic acids is 1. The summed E-state index contributed by atoms with van der Waals surface area (Å²) in [5, 5.41) is 14.8. The second kappa shape index (κ2) is 8.82. The van der Waals surface area contributed by atoms with Gasteiger partial charge in [-0.2, -0.15) is 5.10 Å². The van der Waals surface area contributed by atoms with Crippen LogP contribution in [0.5, 0.6) is 0 Å². The Hall–Kier alpha value is -3.71. The summed E-state index contributed by atoms with van der Waals surface area (Å²) in [6.07, 6.45) is 4.07. The van der Waals surface area contributed by atoms with E-state index in [1.807, 2.05) is 55.6 Å². The van der Waals surface area contributed by atoms with E-state index < -0.39 is 11.2 Å². The first-order valence-corrected chi connectivity index (χ1v) is 11.9. The van der Waals surface area contributed by atoms with Crippen molar-refractivity contribution in [2.75, 3.05) is 6.54 Å². The molecule has 1 N–H and O–H groups in total. The first-order chi connectivity index (χ1) is 16.7. The predicted octanol–water partition coefficient (Wildman–Crippen LogP) is 5.36. The topological polar surface area (TPSA) is 80.0 Å². The number of nitrogens with zero attached hydrogens (tertiary/aromatic N) is 4. The van der Waals surface area contributed by atoms with E-state index in [1.54, 1.807) is 23.3 Å². The molecule has 0 radical (unpaired) electrons. The molecule has 2 atom stereocenters. The molecule has 5 rings (SSSR count). The summed E-state index contributed by atoms with van der Waals surface area (Å²) in [5.41, 5.74) is 3.02. The maximum absolute atomic E-state index is 13.3. The zero-order valence-electron chi connectivity index (χ0n) is 20.3. The van der Waals surface area contributed by atoms with Crippen LogP contribution >= 0.6 is 0 Å². The third-order valence-corrected chi connectivity index (χ3v) is 6.76. The first kappa shape index (κ1) is 23.1. The van der Waals surface area contributed by atoms with Crippen molar-refractivity contribution in [3.05, 3.63) is 90.4 Å². The molecule has 0 bridgehead atoms. The molecule has 0 spiro atoms. The Labute approximate surface area is 205 Å². The van der Waals surface area contributed by atoms with Gasteiger partial charge < -0.3 is 14.7 Å². The highest BCUT2D eigenvalue weighted by Gasteiger charge is 2.46. The summed E-state index contributed by atoms with van der Waals surface area (Å²) >= 11 is 0. The van der Waals surface area contributed by atoms with E-state index >= 15 is 0 Å². The van der Waals surface area contributed by atoms with E-state index in [4.69, 9.17) is 4.74 Å². The molecule has 0 unspecified atom stereocenters. The number of cyclic esters (lactones) is 1. The molecule has 2 aromatic heterocycles. The van der Waals surface area contributed by atoms with E-state index in [0.717, 1.165) is 27.9 Å². The molecule has 0 aliphatic carbocycles. The van der Waals surface area contributed by atoms with Gasteiger partial charge in [0.2, 0.25) is 0 Å². The number of carbonyl (C=O) groups is 1. The molecule has 0 saturated carbocycles. The van der Waals surface area contributed by atoms with Crippen LogP contribution in [0.25, 0.3) is 16.8 Å². The maximum Gasteiger partial charge on any atom is 0.411 e. The van der Waals surface area contributed by atoms with Gasteiger partial charge in [-0.3, -0.25) is 0 Å². The molecular formula is C28H30N4O3. The van der Waals surface area contributed by atoms with E-state index in [0.29, 0.717) is 19.4 Å². The second-order valence-electron chi connectivity index (χ2n) is 9.94. The monoisotopic (exact) mass is 470 g/mol. The number of hydrogen-bond donors (Lipinski definition) is 1. The van der Waals surface area contributed by atoms with Crippen LogP contribution in [0.1, 0.15) is 50.8 Å². The lowest BCUT2D eigenvalue weighted by Gasteiger charge is -2.45. The third-order valence-electron chi connectivity index (χ3n) is 6.76. The fourth-order valence-corrected chi connectivity index (χ4v) is 5.01. The van der Waals surface area contributed by atoms with Crippen molar-refractivity contribution < 1.29 is 14.6 Å². The van der Waals surface area contributed by atoms with Gasteiger partial charge in [-0.25, -0.2) is 14.3 Å². The van der Waals surface area contributed by atoms with Crippen molar-refractivity contribution in [2.24, 2.45) is 0 Å². The highest BCUT2D eigenvalue weighted by atomic mass is 16.6. The van der Waals surface area contributed by atoms with Crippen LogP contribution in [0.4, 0.5) is 4.79 Å². The van der Waals surface area contributed by atoms with E-state index in [9.17, 15) is 9.90 Å². The predicted molar refractivity (Wildman–Crippen MR) is 134 cm³/mol. The third kappa shape index (κ3) is 4.64. The summed E-state index contributed by atoms with van der Waals surface area (Å²) in [5.74, 6) is 0. The molecule has 1 aliphatic rings. The minimum absolute atomic E-state index is 0.148. The van der Waals surface area contributed by atoms with Crippen LogP contribution in [-0.4, -0.2) is 42.8 Å². The fraction of sp³-hybridized carbons (Fsp3) is 0.321. The smallest absolute Gasteiger partial charge is 0.411 e. The molecule has 3 heterocycles. The molecule has 7 heteroatoms. The molecular weight excluding hydrogens is 440 g/mol. The minimum Gasteiger partial charge on any atom is -0.438 e. The lowest BCUT2D eigenvalue weighted by Crippen LogP contribution is -2.51. The Morgan fingerprint density at radius 1 is 1.06 bits per heavy atom. The largest absolute Gasteiger partial charge is 0.438 e. The fourth-order valence-electron chi connectivity index (χ4n) is 5.01. The average molecular weight is 471 g/mol. The molecule has 1 aliphatic heterocycles. The lowest BCUT2D eigenvalue weighted by atomic mass is 9.80. The zero-order chi connectivity index (χ0) is 24.6. The number of benzene rings is 2. The quantitative estimate of drug-likeness (QED) is 0.411. The number of amides is 1. The standard InChI is InChI=1S/C28H30N4O3/c1-20(21-9-11-22(12-10-21)23-13-14-25-29-19-30-32(25)17-23)31-16-15-28(35-26(31)33,18-27(2,3)34)24-7-5-4-6-8-24/h4-14,17,19-20,34H,15-16,18H2,1-3H3/t20-,28-/m0/s1. The molecule has 1 amide bonds. The zero-order valence-corrected chi connectivity index (χ0v) is 20.3. The van der Waals surface area contributed by atoms with Crippen LogP contribution < -0.4 is 0 Å². The summed E-state index contributed by atoms with van der Waals surface area (Å²) < 4.78 is 7.88. The first-order valence-electron chi connectivity index (χ1n) is 11.9. The Bertz CT molecular complexity index is 1330. The van der Waals surface area contributed by atoms with Crippen LogP contribution in [-0.2, 0) is 10.3 Å². The molecule has 2 aromatic carbocycles. The molecule has 1 fully saturated rings. The summed E-state index contributed by atoms with van der Waals surface area (Å²) in [6, 6.07) is 21.8. The van der Waals surface area contributed by atoms with Gasteiger partial charge in [0.25, 0.3) is 0 Å². The van der Waals surface area contributed by atoms with E-state index in [2.05, 4.69) is 34.3 Å². The Morgan fingerprint density at radius 3 is 2.46 bits per heavy atom. The van der Waals surface area contributed by atoms with Gasteiger partial charge >= 0.3 is 6.09 Å². The number of ether oxygens (including phenoxy) is 1. The number of pyridine rings is 1. The van der Waals surface area contributed by atoms with Gasteiger partial charge in [0, 0.05) is 31.1 Å². The van der Waals surface area contributed by atoms with Gasteiger partial charge in [-0.15, -0.1) is 0 Å². The summed E-state index contributed by atoms with van der Waals surface area (Å²) in [6.45, 7) is 6.06. The summed E-state index contributed by atoms with van der Waals surface area (Å²) in [7, 11) is 0. The van der Waals surface area contributed by atoms with Crippen molar-refractivity contribution in [3.63, 3.8) is 0 Å². The number of fused-ring (bicyclic) bond motifs is 1. The van der Waals surface area contributed by atoms with Crippen LogP contribution in [0.3, 0.4) is 0 Å². The van der Waals surface area contributed by atoms with Gasteiger partial charge in [0.15, 0.2) is 5.65 Å². The van der Waals surface area contributed by atoms with Crippen molar-refractivity contribution >= 4 is 11.7 Å². The van der Waals surface area contributed by atoms with Crippen LogP contribution in [0.2, 0.25) is 0 Å². The van der Waals surface area contributed by atoms with Crippen LogP contribution in [0, 0.1) is 0 Å². The lowest BCUT2D eigenvalue weighted by molar-refractivity contribution is -0.101.